The highest BCUT2D eigenvalue weighted by Gasteiger charge is 2.36. The number of ether oxygens (including phenoxy) is 1. The summed E-state index contributed by atoms with van der Waals surface area (Å²) in [4.78, 5) is 10.8. The molecule has 1 atom stereocenters. The Morgan fingerprint density at radius 3 is 2.71 bits per heavy atom. The summed E-state index contributed by atoms with van der Waals surface area (Å²) in [5.74, 6) is -1.07. The number of benzene rings is 1. The van der Waals surface area contributed by atoms with E-state index in [1.54, 1.807) is 0 Å². The normalized spacial score (nSPS) is 16.7. The topological polar surface area (TPSA) is 106 Å². The Morgan fingerprint density at radius 1 is 1.42 bits per heavy atom. The van der Waals surface area contributed by atoms with Crippen molar-refractivity contribution >= 4 is 50.3 Å². The quantitative estimate of drug-likeness (QED) is 0.827. The number of aromatic nitrogens is 2. The van der Waals surface area contributed by atoms with Crippen LogP contribution in [0.3, 0.4) is 0 Å². The van der Waals surface area contributed by atoms with Crippen molar-refractivity contribution in [2.24, 2.45) is 0 Å². The lowest BCUT2D eigenvalue weighted by atomic mass is 10.1. The van der Waals surface area contributed by atoms with Crippen LogP contribution in [0.2, 0.25) is 10.0 Å². The number of aliphatic carboxylic acids is 1. The van der Waals surface area contributed by atoms with Gasteiger partial charge in [0, 0.05) is 12.0 Å². The number of carbonyl (C=O) groups is 1. The molecule has 1 aromatic carbocycles. The summed E-state index contributed by atoms with van der Waals surface area (Å²) in [7, 11) is -4.02. The Hall–Kier alpha value is -1.42. The lowest BCUT2D eigenvalue weighted by molar-refractivity contribution is -0.144. The smallest absolute Gasteiger partial charge is 0.345 e. The molecule has 2 aromatic rings. The van der Waals surface area contributed by atoms with Gasteiger partial charge in [0.15, 0.2) is 6.10 Å². The van der Waals surface area contributed by atoms with E-state index in [1.165, 1.54) is 6.07 Å². The van der Waals surface area contributed by atoms with Gasteiger partial charge in [-0.05, 0) is 12.5 Å². The fourth-order valence-corrected chi connectivity index (χ4v) is 5.46. The van der Waals surface area contributed by atoms with Gasteiger partial charge >= 0.3 is 5.97 Å². The molecule has 1 N–H and O–H groups in total. The summed E-state index contributed by atoms with van der Waals surface area (Å²) in [6, 6.07) is 1.29. The summed E-state index contributed by atoms with van der Waals surface area (Å²) in [5.41, 5.74) is 0.371. The molecule has 11 heteroatoms. The first-order valence-electron chi connectivity index (χ1n) is 6.73. The largest absolute Gasteiger partial charge is 0.478 e. The van der Waals surface area contributed by atoms with E-state index >= 15 is 0 Å². The Bertz CT molecular complexity index is 942. The van der Waals surface area contributed by atoms with Crippen molar-refractivity contribution in [3.05, 3.63) is 26.7 Å². The molecule has 3 rings (SSSR count). The molecule has 1 aliphatic heterocycles. The maximum Gasteiger partial charge on any atom is 0.345 e. The molecule has 1 aliphatic rings. The molecule has 0 fully saturated rings. The molecular weight excluding hydrogens is 399 g/mol. The second-order valence-corrected chi connectivity index (χ2v) is 8.87. The zero-order valence-corrected chi connectivity index (χ0v) is 15.3. The number of carboxylic acid groups (broad SMARTS) is 1. The number of rotatable bonds is 4. The molecule has 7 nitrogen and oxygen atoms in total. The highest BCUT2D eigenvalue weighted by Crippen LogP contribution is 2.45. The van der Waals surface area contributed by atoms with Crippen LogP contribution >= 0.6 is 34.5 Å². The Kier molecular flexibility index (Phi) is 4.45. The second-order valence-electron chi connectivity index (χ2n) is 4.96. The third kappa shape index (κ3) is 2.75. The molecule has 0 spiro atoms. The molecule has 1 unspecified atom stereocenters. The van der Waals surface area contributed by atoms with E-state index in [9.17, 15) is 13.2 Å². The van der Waals surface area contributed by atoms with Gasteiger partial charge in [0.05, 0.1) is 9.92 Å². The molecule has 2 heterocycles. The zero-order valence-electron chi connectivity index (χ0n) is 12.1. The van der Waals surface area contributed by atoms with Gasteiger partial charge in [0.1, 0.15) is 15.8 Å². The number of hydrogen-bond donors (Lipinski definition) is 1. The Labute approximate surface area is 151 Å². The average Bonchev–Trinajstić information content (AvgIpc) is 3.17. The van der Waals surface area contributed by atoms with Gasteiger partial charge in [-0.3, -0.25) is 0 Å². The highest BCUT2D eigenvalue weighted by atomic mass is 35.5. The third-order valence-electron chi connectivity index (χ3n) is 3.42. The summed E-state index contributed by atoms with van der Waals surface area (Å²) in [6.45, 7) is 1.83. The molecule has 0 radical (unpaired) electrons. The van der Waals surface area contributed by atoms with Crippen molar-refractivity contribution in [2.45, 2.75) is 35.1 Å². The molecule has 0 aliphatic carbocycles. The summed E-state index contributed by atoms with van der Waals surface area (Å²) in [5, 5.41) is 16.8. The molecule has 0 saturated carbocycles. The van der Waals surface area contributed by atoms with Crippen LogP contribution in [0.25, 0.3) is 0 Å². The van der Waals surface area contributed by atoms with Crippen LogP contribution in [0, 0.1) is 0 Å². The zero-order chi connectivity index (χ0) is 17.6. The van der Waals surface area contributed by atoms with Crippen LogP contribution in [-0.4, -0.2) is 35.8 Å². The van der Waals surface area contributed by atoms with Crippen LogP contribution in [0.1, 0.15) is 17.5 Å². The Morgan fingerprint density at radius 2 is 2.12 bits per heavy atom. The third-order valence-corrected chi connectivity index (χ3v) is 7.59. The van der Waals surface area contributed by atoms with Crippen molar-refractivity contribution in [1.82, 2.24) is 10.2 Å². The predicted molar refractivity (Wildman–Crippen MR) is 87.0 cm³/mol. The SMILES string of the molecule is CCc1nnc(S(=O)(=O)c2cc3c(c(Cl)c2Cl)OC(C(=O)O)C3)s1. The van der Waals surface area contributed by atoms with Gasteiger partial charge in [-0.1, -0.05) is 41.5 Å². The van der Waals surface area contributed by atoms with Gasteiger partial charge in [0.2, 0.25) is 14.2 Å². The number of fused-ring (bicyclic) bond motifs is 1. The van der Waals surface area contributed by atoms with Gasteiger partial charge in [0.25, 0.3) is 0 Å². The predicted octanol–water partition coefficient (Wildman–Crippen LogP) is 2.63. The van der Waals surface area contributed by atoms with Crippen molar-refractivity contribution in [2.75, 3.05) is 0 Å². The van der Waals surface area contributed by atoms with E-state index in [-0.39, 0.29) is 31.5 Å². The Balaban J connectivity index is 2.12. The number of nitrogens with zero attached hydrogens (tertiary/aromatic N) is 2. The van der Waals surface area contributed by atoms with E-state index in [0.717, 1.165) is 11.3 Å². The molecular formula is C13H10Cl2N2O5S2. The monoisotopic (exact) mass is 408 g/mol. The van der Waals surface area contributed by atoms with Gasteiger partial charge < -0.3 is 9.84 Å². The minimum Gasteiger partial charge on any atom is -0.478 e. The average molecular weight is 409 g/mol. The maximum atomic E-state index is 12.8. The second kappa shape index (κ2) is 6.14. The molecule has 24 heavy (non-hydrogen) atoms. The molecule has 0 bridgehead atoms. The molecule has 0 saturated heterocycles. The number of aryl methyl sites for hydroxylation is 1. The number of hydrogen-bond acceptors (Lipinski definition) is 7. The molecule has 0 amide bonds. The summed E-state index contributed by atoms with van der Waals surface area (Å²) < 4.78 is 30.6. The van der Waals surface area contributed by atoms with Crippen LogP contribution in [0.15, 0.2) is 15.3 Å². The van der Waals surface area contributed by atoms with Crippen LogP contribution in [-0.2, 0) is 27.5 Å². The highest BCUT2D eigenvalue weighted by molar-refractivity contribution is 7.93. The van der Waals surface area contributed by atoms with Gasteiger partial charge in [-0.25, -0.2) is 13.2 Å². The first-order valence-corrected chi connectivity index (χ1v) is 9.79. The van der Waals surface area contributed by atoms with E-state index in [4.69, 9.17) is 33.0 Å². The standard InChI is InChI=1S/C13H10Cl2N2O5S2/c1-2-8-16-17-13(23-8)24(20,21)7-4-5-3-6(12(18)19)22-11(5)10(15)9(7)14/h4,6H,2-3H2,1H3,(H,18,19). The van der Waals surface area contributed by atoms with Crippen molar-refractivity contribution < 1.29 is 23.1 Å². The summed E-state index contributed by atoms with van der Waals surface area (Å²) >= 11 is 13.1. The van der Waals surface area contributed by atoms with Crippen LogP contribution < -0.4 is 4.74 Å². The van der Waals surface area contributed by atoms with E-state index < -0.39 is 21.9 Å². The number of sulfone groups is 1. The fraction of sp³-hybridized carbons (Fsp3) is 0.308. The van der Waals surface area contributed by atoms with Gasteiger partial charge in [-0.2, -0.15) is 0 Å². The first kappa shape index (κ1) is 17.4. The van der Waals surface area contributed by atoms with E-state index in [1.807, 2.05) is 6.92 Å². The lowest BCUT2D eigenvalue weighted by Crippen LogP contribution is -2.24. The van der Waals surface area contributed by atoms with Crippen molar-refractivity contribution in [1.29, 1.82) is 0 Å². The first-order chi connectivity index (χ1) is 11.3. The van der Waals surface area contributed by atoms with Crippen LogP contribution in [0.4, 0.5) is 0 Å². The maximum absolute atomic E-state index is 12.8. The minimum absolute atomic E-state index is 0.000401. The van der Waals surface area contributed by atoms with Gasteiger partial charge in [-0.15, -0.1) is 10.2 Å². The fourth-order valence-electron chi connectivity index (χ4n) is 2.22. The molecule has 128 valence electrons. The van der Waals surface area contributed by atoms with E-state index in [0.29, 0.717) is 17.0 Å². The van der Waals surface area contributed by atoms with E-state index in [2.05, 4.69) is 10.2 Å². The van der Waals surface area contributed by atoms with Crippen molar-refractivity contribution in [3.8, 4) is 5.75 Å². The molecule has 1 aromatic heterocycles. The minimum atomic E-state index is -4.02. The van der Waals surface area contributed by atoms with Crippen LogP contribution in [0.5, 0.6) is 5.75 Å². The number of halogens is 2. The lowest BCUT2D eigenvalue weighted by Gasteiger charge is -2.09. The van der Waals surface area contributed by atoms with Crippen molar-refractivity contribution in [3.63, 3.8) is 0 Å². The summed E-state index contributed by atoms with van der Waals surface area (Å²) in [6.07, 6.45) is -0.569. The number of carboxylic acids is 1.